The maximum atomic E-state index is 5.79. The van der Waals surface area contributed by atoms with Gasteiger partial charge in [-0.1, -0.05) is 6.92 Å². The van der Waals surface area contributed by atoms with Gasteiger partial charge in [-0.3, -0.25) is 0 Å². The van der Waals surface area contributed by atoms with Crippen molar-refractivity contribution in [1.82, 2.24) is 4.90 Å². The van der Waals surface area contributed by atoms with Crippen LogP contribution in [0, 0.1) is 5.41 Å². The third-order valence-corrected chi connectivity index (χ3v) is 3.71. The molecule has 15 heavy (non-hydrogen) atoms. The third-order valence-electron chi connectivity index (χ3n) is 3.71. The topological polar surface area (TPSA) is 38.5 Å². The highest BCUT2D eigenvalue weighted by Gasteiger charge is 2.32. The molecule has 3 heteroatoms. The number of nitrogens with zero attached hydrogens (tertiary/aromatic N) is 1. The van der Waals surface area contributed by atoms with Crippen LogP contribution in [0.4, 0.5) is 0 Å². The average molecular weight is 214 g/mol. The first kappa shape index (κ1) is 12.9. The van der Waals surface area contributed by atoms with E-state index >= 15 is 0 Å². The molecule has 1 fully saturated rings. The first-order valence-electron chi connectivity index (χ1n) is 5.88. The van der Waals surface area contributed by atoms with Crippen LogP contribution in [0.3, 0.4) is 0 Å². The molecule has 1 atom stereocenters. The lowest BCUT2D eigenvalue weighted by Crippen LogP contribution is -2.34. The fourth-order valence-corrected chi connectivity index (χ4v) is 2.01. The molecule has 1 aliphatic heterocycles. The van der Waals surface area contributed by atoms with E-state index in [1.807, 2.05) is 0 Å². The number of hydrogen-bond donors (Lipinski definition) is 1. The van der Waals surface area contributed by atoms with E-state index in [9.17, 15) is 0 Å². The van der Waals surface area contributed by atoms with Crippen molar-refractivity contribution in [3.63, 3.8) is 0 Å². The molecule has 90 valence electrons. The molecule has 1 rings (SSSR count). The van der Waals surface area contributed by atoms with Crippen LogP contribution in [0.15, 0.2) is 0 Å². The van der Waals surface area contributed by atoms with Gasteiger partial charge in [0, 0.05) is 20.2 Å². The second kappa shape index (κ2) is 4.81. The maximum absolute atomic E-state index is 5.79. The van der Waals surface area contributed by atoms with E-state index in [0.717, 1.165) is 26.1 Å². The lowest BCUT2D eigenvalue weighted by Gasteiger charge is -2.27. The highest BCUT2D eigenvalue weighted by molar-refractivity contribution is 4.87. The molecular formula is C12H26N2O. The molecule has 0 saturated carbocycles. The zero-order chi connectivity index (χ0) is 11.5. The fourth-order valence-electron chi connectivity index (χ4n) is 2.01. The predicted molar refractivity (Wildman–Crippen MR) is 63.9 cm³/mol. The van der Waals surface area contributed by atoms with Crippen LogP contribution in [0.1, 0.15) is 33.6 Å². The van der Waals surface area contributed by atoms with Crippen molar-refractivity contribution in [1.29, 1.82) is 0 Å². The standard InChI is InChI=1S/C12H26N2O/c1-11(2,15-4)5-7-14-8-6-12(3,9-13)10-14/h5-10,13H2,1-4H3. The summed E-state index contributed by atoms with van der Waals surface area (Å²) in [6, 6.07) is 0. The van der Waals surface area contributed by atoms with Crippen molar-refractivity contribution in [2.45, 2.75) is 39.2 Å². The van der Waals surface area contributed by atoms with Crippen LogP contribution >= 0.6 is 0 Å². The van der Waals surface area contributed by atoms with Crippen molar-refractivity contribution >= 4 is 0 Å². The summed E-state index contributed by atoms with van der Waals surface area (Å²) in [7, 11) is 1.79. The Labute approximate surface area is 94.0 Å². The molecule has 0 aromatic heterocycles. The molecule has 0 aliphatic carbocycles. The summed E-state index contributed by atoms with van der Waals surface area (Å²) < 4.78 is 5.42. The first-order valence-corrected chi connectivity index (χ1v) is 5.88. The van der Waals surface area contributed by atoms with Gasteiger partial charge in [0.15, 0.2) is 0 Å². The van der Waals surface area contributed by atoms with Gasteiger partial charge in [0.1, 0.15) is 0 Å². The van der Waals surface area contributed by atoms with Crippen molar-refractivity contribution < 1.29 is 4.74 Å². The Morgan fingerprint density at radius 1 is 1.47 bits per heavy atom. The molecule has 1 saturated heterocycles. The number of ether oxygens (including phenoxy) is 1. The minimum Gasteiger partial charge on any atom is -0.379 e. The normalized spacial score (nSPS) is 28.6. The summed E-state index contributed by atoms with van der Waals surface area (Å²) in [5.41, 5.74) is 6.13. The summed E-state index contributed by atoms with van der Waals surface area (Å²) in [6.07, 6.45) is 2.32. The summed E-state index contributed by atoms with van der Waals surface area (Å²) in [5, 5.41) is 0. The smallest absolute Gasteiger partial charge is 0.0634 e. The molecule has 0 bridgehead atoms. The molecule has 0 amide bonds. The highest BCUT2D eigenvalue weighted by atomic mass is 16.5. The first-order chi connectivity index (χ1) is 6.91. The van der Waals surface area contributed by atoms with Gasteiger partial charge in [0.25, 0.3) is 0 Å². The largest absolute Gasteiger partial charge is 0.379 e. The van der Waals surface area contributed by atoms with Crippen LogP contribution in [0.25, 0.3) is 0 Å². The van der Waals surface area contributed by atoms with Gasteiger partial charge in [-0.15, -0.1) is 0 Å². The minimum absolute atomic E-state index is 0.00169. The summed E-state index contributed by atoms with van der Waals surface area (Å²) in [4.78, 5) is 2.51. The van der Waals surface area contributed by atoms with Gasteiger partial charge in [0.2, 0.25) is 0 Å². The zero-order valence-electron chi connectivity index (χ0n) is 10.7. The van der Waals surface area contributed by atoms with Crippen molar-refractivity contribution in [2.75, 3.05) is 33.3 Å². The summed E-state index contributed by atoms with van der Waals surface area (Å²) in [5.74, 6) is 0. The second-order valence-corrected chi connectivity index (χ2v) is 5.75. The van der Waals surface area contributed by atoms with Crippen molar-refractivity contribution in [3.8, 4) is 0 Å². The van der Waals surface area contributed by atoms with Crippen molar-refractivity contribution in [2.24, 2.45) is 11.1 Å². The second-order valence-electron chi connectivity index (χ2n) is 5.75. The van der Waals surface area contributed by atoms with E-state index in [2.05, 4.69) is 25.7 Å². The third kappa shape index (κ3) is 3.74. The van der Waals surface area contributed by atoms with Gasteiger partial charge in [-0.05, 0) is 45.2 Å². The molecule has 1 aliphatic rings. The number of hydrogen-bond acceptors (Lipinski definition) is 3. The number of methoxy groups -OCH3 is 1. The Bertz CT molecular complexity index is 206. The Kier molecular flexibility index (Phi) is 4.15. The fraction of sp³-hybridized carbons (Fsp3) is 1.00. The molecule has 0 aromatic carbocycles. The molecule has 0 radical (unpaired) electrons. The maximum Gasteiger partial charge on any atom is 0.0634 e. The molecule has 0 aromatic rings. The molecule has 2 N–H and O–H groups in total. The monoisotopic (exact) mass is 214 g/mol. The lowest BCUT2D eigenvalue weighted by atomic mass is 9.90. The summed E-state index contributed by atoms with van der Waals surface area (Å²) >= 11 is 0. The number of nitrogens with two attached hydrogens (primary N) is 1. The van der Waals surface area contributed by atoms with Gasteiger partial charge in [-0.25, -0.2) is 0 Å². The highest BCUT2D eigenvalue weighted by Crippen LogP contribution is 2.29. The van der Waals surface area contributed by atoms with E-state index in [1.54, 1.807) is 7.11 Å². The van der Waals surface area contributed by atoms with E-state index in [4.69, 9.17) is 10.5 Å². The van der Waals surface area contributed by atoms with Crippen molar-refractivity contribution in [3.05, 3.63) is 0 Å². The van der Waals surface area contributed by atoms with Crippen LogP contribution in [0.2, 0.25) is 0 Å². The van der Waals surface area contributed by atoms with E-state index in [0.29, 0.717) is 5.41 Å². The molecule has 1 unspecified atom stereocenters. The summed E-state index contributed by atoms with van der Waals surface area (Å²) in [6.45, 7) is 10.8. The molecule has 0 spiro atoms. The van der Waals surface area contributed by atoms with Gasteiger partial charge in [-0.2, -0.15) is 0 Å². The number of likely N-dealkylation sites (tertiary alicyclic amines) is 1. The van der Waals surface area contributed by atoms with Crippen LogP contribution in [-0.4, -0.2) is 43.8 Å². The van der Waals surface area contributed by atoms with Crippen LogP contribution in [-0.2, 0) is 4.74 Å². The zero-order valence-corrected chi connectivity index (χ0v) is 10.7. The number of rotatable bonds is 5. The molecule has 1 heterocycles. The average Bonchev–Trinajstić information content (AvgIpc) is 2.59. The minimum atomic E-state index is 0.00169. The van der Waals surface area contributed by atoms with E-state index in [-0.39, 0.29) is 5.60 Å². The SMILES string of the molecule is COC(C)(C)CCN1CCC(C)(CN)C1. The quantitative estimate of drug-likeness (QED) is 0.753. The molecular weight excluding hydrogens is 188 g/mol. The Morgan fingerprint density at radius 3 is 2.60 bits per heavy atom. The predicted octanol–water partition coefficient (Wildman–Crippen LogP) is 1.47. The molecule has 3 nitrogen and oxygen atoms in total. The van der Waals surface area contributed by atoms with Gasteiger partial charge < -0.3 is 15.4 Å². The Balaban J connectivity index is 2.31. The van der Waals surface area contributed by atoms with Crippen LogP contribution < -0.4 is 5.73 Å². The Hall–Kier alpha value is -0.120. The van der Waals surface area contributed by atoms with E-state index in [1.165, 1.54) is 13.0 Å². The van der Waals surface area contributed by atoms with Gasteiger partial charge >= 0.3 is 0 Å². The van der Waals surface area contributed by atoms with Gasteiger partial charge in [0.05, 0.1) is 5.60 Å². The Morgan fingerprint density at radius 2 is 2.13 bits per heavy atom. The van der Waals surface area contributed by atoms with E-state index < -0.39 is 0 Å². The lowest BCUT2D eigenvalue weighted by molar-refractivity contribution is 0.00841. The van der Waals surface area contributed by atoms with Crippen LogP contribution in [0.5, 0.6) is 0 Å².